The molecule has 1 aromatic carbocycles. The SMILES string of the molecule is COc1c(-c2cc(N)no2)cc(Cl)c(C)c1OC. The van der Waals surface area contributed by atoms with E-state index < -0.39 is 0 Å². The highest BCUT2D eigenvalue weighted by Crippen LogP contribution is 2.43. The molecule has 1 aromatic heterocycles. The van der Waals surface area contributed by atoms with Gasteiger partial charge in [0.1, 0.15) is 0 Å². The second-order valence-corrected chi connectivity index (χ2v) is 4.12. The van der Waals surface area contributed by atoms with Crippen molar-refractivity contribution in [2.45, 2.75) is 6.92 Å². The molecule has 1 heterocycles. The van der Waals surface area contributed by atoms with Gasteiger partial charge in [-0.2, -0.15) is 0 Å². The third kappa shape index (κ3) is 1.97. The summed E-state index contributed by atoms with van der Waals surface area (Å²) in [6.45, 7) is 1.85. The zero-order valence-corrected chi connectivity index (χ0v) is 11.0. The number of aromatic nitrogens is 1. The summed E-state index contributed by atoms with van der Waals surface area (Å²) in [5.74, 6) is 1.87. The molecule has 2 rings (SSSR count). The summed E-state index contributed by atoms with van der Waals surface area (Å²) in [4.78, 5) is 0. The maximum atomic E-state index is 6.15. The van der Waals surface area contributed by atoms with Crippen molar-refractivity contribution in [3.8, 4) is 22.8 Å². The molecule has 0 aliphatic rings. The number of rotatable bonds is 3. The monoisotopic (exact) mass is 268 g/mol. The van der Waals surface area contributed by atoms with Gasteiger partial charge < -0.3 is 19.7 Å². The van der Waals surface area contributed by atoms with Gasteiger partial charge in [0.05, 0.1) is 19.8 Å². The minimum atomic E-state index is 0.294. The Labute approximate surface area is 109 Å². The standard InChI is InChI=1S/C12H13ClN2O3/c1-6-8(13)4-7(9-5-10(14)15-18-9)12(17-3)11(6)16-2/h4-5H,1-3H3,(H2,14,15). The summed E-state index contributed by atoms with van der Waals surface area (Å²) in [5.41, 5.74) is 6.98. The van der Waals surface area contributed by atoms with Gasteiger partial charge in [-0.25, -0.2) is 0 Å². The van der Waals surface area contributed by atoms with Crippen LogP contribution in [0.4, 0.5) is 5.82 Å². The summed E-state index contributed by atoms with van der Waals surface area (Å²) >= 11 is 6.15. The molecule has 0 spiro atoms. The van der Waals surface area contributed by atoms with E-state index in [2.05, 4.69) is 5.16 Å². The molecule has 2 aromatic rings. The van der Waals surface area contributed by atoms with E-state index in [0.29, 0.717) is 33.7 Å². The van der Waals surface area contributed by atoms with Crippen LogP contribution in [0.5, 0.6) is 11.5 Å². The zero-order valence-electron chi connectivity index (χ0n) is 10.3. The summed E-state index contributed by atoms with van der Waals surface area (Å²) in [7, 11) is 3.11. The van der Waals surface area contributed by atoms with Crippen LogP contribution in [0, 0.1) is 6.92 Å². The van der Waals surface area contributed by atoms with E-state index in [1.165, 1.54) is 0 Å². The third-order valence-electron chi connectivity index (χ3n) is 2.62. The minimum absolute atomic E-state index is 0.294. The number of methoxy groups -OCH3 is 2. The van der Waals surface area contributed by atoms with Gasteiger partial charge in [-0.3, -0.25) is 0 Å². The average molecular weight is 269 g/mol. The van der Waals surface area contributed by atoms with E-state index in [1.54, 1.807) is 26.4 Å². The number of nitrogens with two attached hydrogens (primary N) is 1. The summed E-state index contributed by atoms with van der Waals surface area (Å²) < 4.78 is 15.8. The van der Waals surface area contributed by atoms with Crippen LogP contribution in [-0.2, 0) is 0 Å². The predicted molar refractivity (Wildman–Crippen MR) is 69.2 cm³/mol. The lowest BCUT2D eigenvalue weighted by atomic mass is 10.1. The molecule has 0 bridgehead atoms. The minimum Gasteiger partial charge on any atom is -0.493 e. The Morgan fingerprint density at radius 3 is 2.39 bits per heavy atom. The fourth-order valence-corrected chi connectivity index (χ4v) is 1.94. The van der Waals surface area contributed by atoms with Gasteiger partial charge >= 0.3 is 0 Å². The molecule has 0 fully saturated rings. The van der Waals surface area contributed by atoms with Crippen molar-refractivity contribution in [1.82, 2.24) is 5.16 Å². The van der Waals surface area contributed by atoms with Crippen LogP contribution in [0.15, 0.2) is 16.7 Å². The fraction of sp³-hybridized carbons (Fsp3) is 0.250. The highest BCUT2D eigenvalue weighted by atomic mass is 35.5. The van der Waals surface area contributed by atoms with Gasteiger partial charge in [0.2, 0.25) is 0 Å². The normalized spacial score (nSPS) is 10.4. The Bertz CT molecular complexity index is 581. The van der Waals surface area contributed by atoms with Crippen LogP contribution in [-0.4, -0.2) is 19.4 Å². The topological polar surface area (TPSA) is 70.5 Å². The summed E-state index contributed by atoms with van der Waals surface area (Å²) in [6.07, 6.45) is 0. The zero-order chi connectivity index (χ0) is 13.3. The van der Waals surface area contributed by atoms with Crippen LogP contribution in [0.25, 0.3) is 11.3 Å². The van der Waals surface area contributed by atoms with Crippen molar-refractivity contribution >= 4 is 17.4 Å². The maximum Gasteiger partial charge on any atom is 0.172 e. The summed E-state index contributed by atoms with van der Waals surface area (Å²) in [6, 6.07) is 3.33. The van der Waals surface area contributed by atoms with E-state index in [9.17, 15) is 0 Å². The number of nitrogen functional groups attached to an aromatic ring is 1. The number of hydrogen-bond donors (Lipinski definition) is 1. The van der Waals surface area contributed by atoms with Gasteiger partial charge in [0, 0.05) is 16.7 Å². The smallest absolute Gasteiger partial charge is 0.172 e. The lowest BCUT2D eigenvalue weighted by Gasteiger charge is -2.14. The quantitative estimate of drug-likeness (QED) is 0.927. The van der Waals surface area contributed by atoms with Gasteiger partial charge in [0.15, 0.2) is 23.1 Å². The Morgan fingerprint density at radius 2 is 1.89 bits per heavy atom. The van der Waals surface area contributed by atoms with Crippen molar-refractivity contribution in [3.05, 3.63) is 22.7 Å². The molecule has 6 heteroatoms. The number of nitrogens with zero attached hydrogens (tertiary/aromatic N) is 1. The number of halogens is 1. The molecule has 0 aliphatic heterocycles. The molecule has 0 aliphatic carbocycles. The molecule has 96 valence electrons. The van der Waals surface area contributed by atoms with Gasteiger partial charge in [0.25, 0.3) is 0 Å². The fourth-order valence-electron chi connectivity index (χ4n) is 1.75. The number of anilines is 1. The van der Waals surface area contributed by atoms with Gasteiger partial charge in [-0.15, -0.1) is 0 Å². The number of ether oxygens (including phenoxy) is 2. The van der Waals surface area contributed by atoms with E-state index >= 15 is 0 Å². The first-order valence-electron chi connectivity index (χ1n) is 5.22. The molecule has 0 amide bonds. The predicted octanol–water partition coefficient (Wildman–Crippen LogP) is 2.90. The number of benzene rings is 1. The first kappa shape index (κ1) is 12.6. The molecular formula is C12H13ClN2O3. The first-order valence-corrected chi connectivity index (χ1v) is 5.60. The van der Waals surface area contributed by atoms with E-state index in [0.717, 1.165) is 5.56 Å². The van der Waals surface area contributed by atoms with Gasteiger partial charge in [-0.05, 0) is 13.0 Å². The Hall–Kier alpha value is -1.88. The molecule has 0 unspecified atom stereocenters. The Kier molecular flexibility index (Phi) is 3.34. The van der Waals surface area contributed by atoms with Crippen molar-refractivity contribution in [3.63, 3.8) is 0 Å². The molecule has 18 heavy (non-hydrogen) atoms. The van der Waals surface area contributed by atoms with E-state index in [4.69, 9.17) is 31.3 Å². The van der Waals surface area contributed by atoms with Crippen LogP contribution in [0.3, 0.4) is 0 Å². The lowest BCUT2D eigenvalue weighted by Crippen LogP contribution is -1.96. The molecule has 5 nitrogen and oxygen atoms in total. The van der Waals surface area contributed by atoms with Crippen LogP contribution in [0.2, 0.25) is 5.02 Å². The van der Waals surface area contributed by atoms with Crippen molar-refractivity contribution in [2.75, 3.05) is 20.0 Å². The molecule has 0 atom stereocenters. The first-order chi connectivity index (χ1) is 8.58. The van der Waals surface area contributed by atoms with Crippen molar-refractivity contribution in [1.29, 1.82) is 0 Å². The van der Waals surface area contributed by atoms with Crippen LogP contribution in [0.1, 0.15) is 5.56 Å². The highest BCUT2D eigenvalue weighted by molar-refractivity contribution is 6.32. The van der Waals surface area contributed by atoms with Crippen LogP contribution >= 0.6 is 11.6 Å². The molecular weight excluding hydrogens is 256 g/mol. The highest BCUT2D eigenvalue weighted by Gasteiger charge is 2.20. The second kappa shape index (κ2) is 4.78. The summed E-state index contributed by atoms with van der Waals surface area (Å²) in [5, 5.41) is 4.19. The largest absolute Gasteiger partial charge is 0.493 e. The average Bonchev–Trinajstić information content (AvgIpc) is 2.78. The van der Waals surface area contributed by atoms with Crippen molar-refractivity contribution in [2.24, 2.45) is 0 Å². The maximum absolute atomic E-state index is 6.15. The molecule has 0 saturated heterocycles. The third-order valence-corrected chi connectivity index (χ3v) is 3.02. The molecule has 2 N–H and O–H groups in total. The lowest BCUT2D eigenvalue weighted by molar-refractivity contribution is 0.352. The van der Waals surface area contributed by atoms with Crippen LogP contribution < -0.4 is 15.2 Å². The van der Waals surface area contributed by atoms with Gasteiger partial charge in [-0.1, -0.05) is 16.8 Å². The van der Waals surface area contributed by atoms with Crippen molar-refractivity contribution < 1.29 is 14.0 Å². The van der Waals surface area contributed by atoms with E-state index in [1.807, 2.05) is 6.92 Å². The Morgan fingerprint density at radius 1 is 1.22 bits per heavy atom. The molecule has 0 saturated carbocycles. The Balaban J connectivity index is 2.70. The van der Waals surface area contributed by atoms with E-state index in [-0.39, 0.29) is 0 Å². The molecule has 0 radical (unpaired) electrons. The number of hydrogen-bond acceptors (Lipinski definition) is 5. The second-order valence-electron chi connectivity index (χ2n) is 3.71.